The smallest absolute Gasteiger partial charge is 0.192 e. The molecule has 0 bridgehead atoms. The van der Waals surface area contributed by atoms with Crippen LogP contribution >= 0.6 is 24.0 Å². The van der Waals surface area contributed by atoms with Gasteiger partial charge in [0.25, 0.3) is 0 Å². The van der Waals surface area contributed by atoms with Crippen LogP contribution in [0.1, 0.15) is 18.7 Å². The Balaban J connectivity index is 0.00000128. The highest BCUT2D eigenvalue weighted by atomic mass is 127. The predicted octanol–water partition coefficient (Wildman–Crippen LogP) is 1.46. The molecule has 1 aromatic heterocycles. The van der Waals surface area contributed by atoms with Gasteiger partial charge < -0.3 is 15.2 Å². The van der Waals surface area contributed by atoms with Crippen LogP contribution in [0.3, 0.4) is 0 Å². The quantitative estimate of drug-likeness (QED) is 0.635. The molecule has 2 N–H and O–H groups in total. The Kier molecular flexibility index (Phi) is 4.78. The zero-order valence-corrected chi connectivity index (χ0v) is 11.4. The van der Waals surface area contributed by atoms with Crippen molar-refractivity contribution in [1.82, 2.24) is 15.8 Å². The fraction of sp³-hybridized carbons (Fsp3) is 0.400. The number of rotatable bonds is 2. The first-order valence-corrected chi connectivity index (χ1v) is 4.87. The Morgan fingerprint density at radius 1 is 1.62 bits per heavy atom. The summed E-state index contributed by atoms with van der Waals surface area (Å²) in [4.78, 5) is 4.30. The Bertz CT molecular complexity index is 374. The highest BCUT2D eigenvalue weighted by Gasteiger charge is 2.12. The second kappa shape index (κ2) is 5.88. The lowest BCUT2D eigenvalue weighted by Crippen LogP contribution is -2.42. The summed E-state index contributed by atoms with van der Waals surface area (Å²) in [5, 5.41) is 10.2. The van der Waals surface area contributed by atoms with Gasteiger partial charge in [0, 0.05) is 12.6 Å². The second-order valence-corrected chi connectivity index (χ2v) is 3.56. The average Bonchev–Trinajstić information content (AvgIpc) is 2.74. The largest absolute Gasteiger partial charge is 0.364 e. The Labute approximate surface area is 111 Å². The lowest BCUT2D eigenvalue weighted by atomic mass is 10.2. The maximum Gasteiger partial charge on any atom is 0.192 e. The minimum atomic E-state index is 0. The molecular formula is C10H15IN4O. The van der Waals surface area contributed by atoms with Crippen LogP contribution in [0.4, 0.5) is 0 Å². The summed E-state index contributed by atoms with van der Waals surface area (Å²) in [5.74, 6) is 0.790. The van der Waals surface area contributed by atoms with Gasteiger partial charge in [-0.25, -0.2) is 4.99 Å². The van der Waals surface area contributed by atoms with Gasteiger partial charge >= 0.3 is 0 Å². The molecule has 1 aliphatic rings. The van der Waals surface area contributed by atoms with Gasteiger partial charge in [-0.15, -0.1) is 24.0 Å². The molecule has 6 heteroatoms. The monoisotopic (exact) mass is 334 g/mol. The molecule has 0 aliphatic carbocycles. The van der Waals surface area contributed by atoms with Crippen molar-refractivity contribution < 1.29 is 4.52 Å². The van der Waals surface area contributed by atoms with Crippen LogP contribution in [0.2, 0.25) is 0 Å². The zero-order chi connectivity index (χ0) is 10.7. The summed E-state index contributed by atoms with van der Waals surface area (Å²) in [7, 11) is 0. The van der Waals surface area contributed by atoms with Crippen molar-refractivity contribution in [1.29, 1.82) is 0 Å². The van der Waals surface area contributed by atoms with Crippen LogP contribution in [-0.2, 0) is 0 Å². The topological polar surface area (TPSA) is 62.5 Å². The number of aromatic nitrogens is 1. The van der Waals surface area contributed by atoms with Gasteiger partial charge in [0.2, 0.25) is 0 Å². The van der Waals surface area contributed by atoms with Gasteiger partial charge in [-0.1, -0.05) is 11.7 Å². The van der Waals surface area contributed by atoms with Crippen LogP contribution in [0.25, 0.3) is 0 Å². The fourth-order valence-electron chi connectivity index (χ4n) is 1.33. The molecule has 0 saturated heterocycles. The molecule has 88 valence electrons. The van der Waals surface area contributed by atoms with E-state index in [1.54, 1.807) is 6.26 Å². The van der Waals surface area contributed by atoms with E-state index in [2.05, 4.69) is 27.4 Å². The number of nitrogens with one attached hydrogen (secondary N) is 2. The van der Waals surface area contributed by atoms with Gasteiger partial charge in [0.05, 0.1) is 12.6 Å². The third-order valence-corrected chi connectivity index (χ3v) is 2.22. The molecule has 1 aliphatic heterocycles. The number of aliphatic imine (C=N–C) groups is 1. The Morgan fingerprint density at radius 3 is 3.00 bits per heavy atom. The molecule has 0 amide bonds. The normalized spacial score (nSPS) is 16.8. The third kappa shape index (κ3) is 3.22. The van der Waals surface area contributed by atoms with E-state index in [-0.39, 0.29) is 30.0 Å². The van der Waals surface area contributed by atoms with Gasteiger partial charge in [0.1, 0.15) is 12.0 Å². The average molecular weight is 334 g/mol. The summed E-state index contributed by atoms with van der Waals surface area (Å²) < 4.78 is 4.78. The zero-order valence-electron chi connectivity index (χ0n) is 9.06. The molecule has 2 rings (SSSR count). The SMILES string of the molecule is C=C1CN=C(NC(C)c2ccon2)NC1.I. The number of nitrogens with zero attached hydrogens (tertiary/aromatic N) is 2. The maximum absolute atomic E-state index is 4.78. The van der Waals surface area contributed by atoms with E-state index in [1.165, 1.54) is 0 Å². The number of hydrogen-bond acceptors (Lipinski definition) is 5. The fourth-order valence-corrected chi connectivity index (χ4v) is 1.33. The van der Waals surface area contributed by atoms with Crippen molar-refractivity contribution >= 4 is 29.9 Å². The molecule has 0 aromatic carbocycles. The van der Waals surface area contributed by atoms with Crippen molar-refractivity contribution in [3.05, 3.63) is 30.2 Å². The van der Waals surface area contributed by atoms with Gasteiger partial charge in [-0.2, -0.15) is 0 Å². The van der Waals surface area contributed by atoms with Gasteiger partial charge in [-0.05, 0) is 12.5 Å². The number of halogens is 1. The summed E-state index contributed by atoms with van der Waals surface area (Å²) in [6.45, 7) is 7.31. The minimum absolute atomic E-state index is 0. The molecule has 5 nitrogen and oxygen atoms in total. The van der Waals surface area contributed by atoms with Crippen LogP contribution in [0.15, 0.2) is 34.0 Å². The number of guanidine groups is 1. The van der Waals surface area contributed by atoms with Crippen molar-refractivity contribution in [2.24, 2.45) is 4.99 Å². The van der Waals surface area contributed by atoms with E-state index >= 15 is 0 Å². The summed E-state index contributed by atoms with van der Waals surface area (Å²) in [5.41, 5.74) is 1.96. The van der Waals surface area contributed by atoms with Crippen LogP contribution in [0, 0.1) is 0 Å². The first-order valence-electron chi connectivity index (χ1n) is 4.87. The summed E-state index contributed by atoms with van der Waals surface area (Å²) in [6, 6.07) is 1.92. The van der Waals surface area contributed by atoms with E-state index in [0.717, 1.165) is 23.8 Å². The molecule has 2 heterocycles. The van der Waals surface area contributed by atoms with E-state index < -0.39 is 0 Å². The van der Waals surface area contributed by atoms with Crippen molar-refractivity contribution in [3.8, 4) is 0 Å². The van der Waals surface area contributed by atoms with Crippen molar-refractivity contribution in [2.45, 2.75) is 13.0 Å². The maximum atomic E-state index is 4.78. The molecular weight excluding hydrogens is 319 g/mol. The minimum Gasteiger partial charge on any atom is -0.364 e. The first-order chi connectivity index (χ1) is 7.25. The highest BCUT2D eigenvalue weighted by Crippen LogP contribution is 2.08. The molecule has 1 unspecified atom stereocenters. The molecule has 1 aromatic rings. The van der Waals surface area contributed by atoms with Crippen molar-refractivity contribution in [3.63, 3.8) is 0 Å². The Morgan fingerprint density at radius 2 is 2.44 bits per heavy atom. The van der Waals surface area contributed by atoms with Gasteiger partial charge in [0.15, 0.2) is 5.96 Å². The highest BCUT2D eigenvalue weighted by molar-refractivity contribution is 14.0. The molecule has 0 saturated carbocycles. The van der Waals surface area contributed by atoms with Gasteiger partial charge in [-0.3, -0.25) is 0 Å². The van der Waals surface area contributed by atoms with E-state index in [0.29, 0.717) is 6.54 Å². The standard InChI is InChI=1S/C10H14N4O.HI/c1-7-5-11-10(12-6-7)13-8(2)9-3-4-15-14-9;/h3-4,8H,1,5-6H2,2H3,(H2,11,12,13);1H. The molecule has 0 radical (unpaired) electrons. The molecule has 0 fully saturated rings. The van der Waals surface area contributed by atoms with Crippen LogP contribution < -0.4 is 10.6 Å². The number of hydrogen-bond donors (Lipinski definition) is 2. The van der Waals surface area contributed by atoms with E-state index in [4.69, 9.17) is 4.52 Å². The predicted molar refractivity (Wildman–Crippen MR) is 72.9 cm³/mol. The lowest BCUT2D eigenvalue weighted by Gasteiger charge is -2.20. The Hall–Kier alpha value is -1.05. The van der Waals surface area contributed by atoms with Crippen molar-refractivity contribution in [2.75, 3.05) is 13.1 Å². The molecule has 1 atom stereocenters. The lowest BCUT2D eigenvalue weighted by molar-refractivity contribution is 0.404. The van der Waals surface area contributed by atoms with E-state index in [1.807, 2.05) is 13.0 Å². The third-order valence-electron chi connectivity index (χ3n) is 2.22. The molecule has 0 spiro atoms. The van der Waals surface area contributed by atoms with E-state index in [9.17, 15) is 0 Å². The van der Waals surface area contributed by atoms with Crippen LogP contribution in [0.5, 0.6) is 0 Å². The van der Waals surface area contributed by atoms with Crippen LogP contribution in [-0.4, -0.2) is 24.2 Å². The summed E-state index contributed by atoms with van der Waals surface area (Å²) in [6.07, 6.45) is 1.56. The first kappa shape index (κ1) is 13.0. The summed E-state index contributed by atoms with van der Waals surface area (Å²) >= 11 is 0. The second-order valence-electron chi connectivity index (χ2n) is 3.56. The molecule has 16 heavy (non-hydrogen) atoms.